The number of aromatic nitrogens is 3. The van der Waals surface area contributed by atoms with Gasteiger partial charge in [0.2, 0.25) is 0 Å². The molecule has 0 spiro atoms. The Morgan fingerprint density at radius 1 is 1.35 bits per heavy atom. The molecule has 0 saturated heterocycles. The van der Waals surface area contributed by atoms with Crippen molar-refractivity contribution >= 4 is 45.7 Å². The summed E-state index contributed by atoms with van der Waals surface area (Å²) in [6.07, 6.45) is 2.71. The minimum Gasteiger partial charge on any atom is -0.464 e. The molecule has 0 atom stereocenters. The number of nitrogens with one attached hydrogen (secondary N) is 1. The fraction of sp³-hybridized carbons (Fsp3) is 0.0667. The van der Waals surface area contributed by atoms with Crippen molar-refractivity contribution in [1.82, 2.24) is 15.0 Å². The number of ether oxygens (including phenoxy) is 1. The lowest BCUT2D eigenvalue weighted by atomic mass is 10.3. The predicted molar refractivity (Wildman–Crippen MR) is 96.0 cm³/mol. The highest BCUT2D eigenvalue weighted by Gasteiger charge is 2.11. The minimum atomic E-state index is -0.508. The van der Waals surface area contributed by atoms with Gasteiger partial charge in [-0.05, 0) is 18.2 Å². The van der Waals surface area contributed by atoms with Crippen molar-refractivity contribution in [1.29, 1.82) is 0 Å². The number of rotatable bonds is 6. The Hall–Kier alpha value is -3.05. The number of carbonyl (C=O) groups excluding carboxylic acids is 1. The predicted octanol–water partition coefficient (Wildman–Crippen LogP) is 3.52. The molecule has 1 N–H and O–H groups in total. The summed E-state index contributed by atoms with van der Waals surface area (Å²) in [4.78, 5) is 34.8. The van der Waals surface area contributed by atoms with Crippen molar-refractivity contribution in [3.8, 4) is 0 Å². The van der Waals surface area contributed by atoms with Gasteiger partial charge in [0.25, 0.3) is 5.69 Å². The van der Waals surface area contributed by atoms with Gasteiger partial charge in [-0.3, -0.25) is 10.1 Å². The topological polar surface area (TPSA) is 120 Å². The van der Waals surface area contributed by atoms with Gasteiger partial charge in [0.05, 0.1) is 12.0 Å². The molecule has 0 aliphatic rings. The van der Waals surface area contributed by atoms with E-state index in [9.17, 15) is 14.9 Å². The molecular weight excluding hydrogens is 378 g/mol. The number of thiazole rings is 1. The van der Waals surface area contributed by atoms with Crippen LogP contribution in [0.25, 0.3) is 0 Å². The number of anilines is 2. The third-order valence-corrected chi connectivity index (χ3v) is 4.84. The van der Waals surface area contributed by atoms with Crippen LogP contribution in [0.1, 0.15) is 10.5 Å². The molecule has 3 heterocycles. The number of methoxy groups -OCH3 is 1. The number of hydrogen-bond donors (Lipinski definition) is 1. The molecule has 0 unspecified atom stereocenters. The summed E-state index contributed by atoms with van der Waals surface area (Å²) >= 11 is 2.73. The van der Waals surface area contributed by atoms with E-state index in [1.165, 1.54) is 54.7 Å². The molecule has 3 rings (SSSR count). The van der Waals surface area contributed by atoms with Crippen LogP contribution in [0.15, 0.2) is 52.0 Å². The molecule has 0 saturated carbocycles. The van der Waals surface area contributed by atoms with Crippen molar-refractivity contribution in [2.45, 2.75) is 9.92 Å². The largest absolute Gasteiger partial charge is 0.464 e. The van der Waals surface area contributed by atoms with Crippen LogP contribution in [0.4, 0.5) is 16.6 Å². The average molecular weight is 389 g/mol. The fourth-order valence-electron chi connectivity index (χ4n) is 1.85. The lowest BCUT2D eigenvalue weighted by Gasteiger charge is -2.02. The van der Waals surface area contributed by atoms with E-state index in [1.54, 1.807) is 12.1 Å². The molecule has 11 heteroatoms. The summed E-state index contributed by atoms with van der Waals surface area (Å²) in [7, 11) is 1.30. The number of nitrogens with zero attached hydrogens (tertiary/aromatic N) is 4. The molecule has 26 heavy (non-hydrogen) atoms. The highest BCUT2D eigenvalue weighted by Crippen LogP contribution is 2.31. The van der Waals surface area contributed by atoms with Crippen LogP contribution in [0.3, 0.4) is 0 Å². The van der Waals surface area contributed by atoms with E-state index in [0.29, 0.717) is 10.9 Å². The Morgan fingerprint density at radius 3 is 2.88 bits per heavy atom. The number of nitro groups is 1. The summed E-state index contributed by atoms with van der Waals surface area (Å²) < 4.78 is 4.65. The van der Waals surface area contributed by atoms with Gasteiger partial charge in [0, 0.05) is 22.5 Å². The van der Waals surface area contributed by atoms with Crippen LogP contribution >= 0.6 is 23.1 Å². The molecule has 0 bridgehead atoms. The van der Waals surface area contributed by atoms with E-state index in [4.69, 9.17) is 0 Å². The van der Waals surface area contributed by atoms with Crippen LogP contribution in [0, 0.1) is 10.1 Å². The summed E-state index contributed by atoms with van der Waals surface area (Å²) in [6.45, 7) is 0. The van der Waals surface area contributed by atoms with Crippen molar-refractivity contribution in [3.05, 3.63) is 57.8 Å². The van der Waals surface area contributed by atoms with Gasteiger partial charge in [-0.2, -0.15) is 0 Å². The number of esters is 1. The highest BCUT2D eigenvalue weighted by molar-refractivity contribution is 7.99. The standard InChI is InChI=1S/C15H11N5O4S2/c1-24-14(21)11-6-10(4-5-16-11)26-13-8-25-15(19-13)18-12-3-2-9(7-17-12)20(22)23/h2-8H,1H3,(H,17,18,19). The number of carbonyl (C=O) groups is 1. The quantitative estimate of drug-likeness (QED) is 0.383. The Labute approximate surface area is 155 Å². The Bertz CT molecular complexity index is 945. The second-order valence-corrected chi connectivity index (χ2v) is 6.70. The molecular formula is C15H11N5O4S2. The maximum atomic E-state index is 11.5. The fourth-order valence-corrected chi connectivity index (χ4v) is 3.50. The van der Waals surface area contributed by atoms with E-state index in [1.807, 2.05) is 5.38 Å². The van der Waals surface area contributed by atoms with Crippen LogP contribution in [0.2, 0.25) is 0 Å². The van der Waals surface area contributed by atoms with Gasteiger partial charge < -0.3 is 10.1 Å². The third kappa shape index (κ3) is 4.32. The summed E-state index contributed by atoms with van der Waals surface area (Å²) in [5.74, 6) is -0.0456. The van der Waals surface area contributed by atoms with Gasteiger partial charge in [0.1, 0.15) is 22.7 Å². The maximum Gasteiger partial charge on any atom is 0.356 e. The van der Waals surface area contributed by atoms with Gasteiger partial charge in [0.15, 0.2) is 5.13 Å². The Kier molecular flexibility index (Phi) is 5.39. The molecule has 3 aromatic heterocycles. The van der Waals surface area contributed by atoms with Crippen molar-refractivity contribution in [3.63, 3.8) is 0 Å². The zero-order valence-electron chi connectivity index (χ0n) is 13.3. The van der Waals surface area contributed by atoms with E-state index in [2.05, 4.69) is 25.0 Å². The second kappa shape index (κ2) is 7.89. The van der Waals surface area contributed by atoms with Gasteiger partial charge in [-0.25, -0.2) is 19.7 Å². The number of hydrogen-bond acceptors (Lipinski definition) is 10. The molecule has 9 nitrogen and oxygen atoms in total. The van der Waals surface area contributed by atoms with Gasteiger partial charge in [-0.15, -0.1) is 11.3 Å². The van der Waals surface area contributed by atoms with Crippen LogP contribution in [-0.2, 0) is 4.74 Å². The van der Waals surface area contributed by atoms with Crippen LogP contribution < -0.4 is 5.32 Å². The zero-order valence-corrected chi connectivity index (χ0v) is 14.9. The van der Waals surface area contributed by atoms with Gasteiger partial charge >= 0.3 is 5.97 Å². The lowest BCUT2D eigenvalue weighted by molar-refractivity contribution is -0.385. The first-order chi connectivity index (χ1) is 12.5. The zero-order chi connectivity index (χ0) is 18.5. The minimum absolute atomic E-state index is 0.0787. The van der Waals surface area contributed by atoms with Crippen molar-refractivity contribution < 1.29 is 14.5 Å². The summed E-state index contributed by atoms with van der Waals surface area (Å²) in [5, 5.41) is 16.8. The van der Waals surface area contributed by atoms with E-state index in [0.717, 1.165) is 9.92 Å². The first-order valence-corrected chi connectivity index (χ1v) is 8.80. The second-order valence-electron chi connectivity index (χ2n) is 4.75. The monoisotopic (exact) mass is 389 g/mol. The summed E-state index contributed by atoms with van der Waals surface area (Å²) in [5.41, 5.74) is 0.145. The van der Waals surface area contributed by atoms with E-state index in [-0.39, 0.29) is 11.4 Å². The lowest BCUT2D eigenvalue weighted by Crippen LogP contribution is -2.03. The van der Waals surface area contributed by atoms with Crippen molar-refractivity contribution in [2.75, 3.05) is 12.4 Å². The van der Waals surface area contributed by atoms with Gasteiger partial charge in [-0.1, -0.05) is 11.8 Å². The molecule has 0 aliphatic carbocycles. The average Bonchev–Trinajstić information content (AvgIpc) is 3.08. The normalized spacial score (nSPS) is 10.3. The molecule has 0 radical (unpaired) electrons. The summed E-state index contributed by atoms with van der Waals surface area (Å²) in [6, 6.07) is 6.27. The first kappa shape index (κ1) is 17.8. The van der Waals surface area contributed by atoms with Crippen LogP contribution in [-0.4, -0.2) is 33.0 Å². The molecule has 3 aromatic rings. The molecule has 0 aliphatic heterocycles. The first-order valence-electron chi connectivity index (χ1n) is 7.10. The molecule has 0 fully saturated rings. The SMILES string of the molecule is COC(=O)c1cc(Sc2csc(Nc3ccc([N+](=O)[O-])cn3)n2)ccn1. The highest BCUT2D eigenvalue weighted by atomic mass is 32.2. The smallest absolute Gasteiger partial charge is 0.356 e. The van der Waals surface area contributed by atoms with Crippen LogP contribution in [0.5, 0.6) is 0 Å². The molecule has 0 aromatic carbocycles. The van der Waals surface area contributed by atoms with E-state index >= 15 is 0 Å². The Balaban J connectivity index is 1.68. The maximum absolute atomic E-state index is 11.5. The Morgan fingerprint density at radius 2 is 2.19 bits per heavy atom. The van der Waals surface area contributed by atoms with Crippen molar-refractivity contribution in [2.24, 2.45) is 0 Å². The third-order valence-electron chi connectivity index (χ3n) is 3.03. The molecule has 0 amide bonds. The molecule has 132 valence electrons. The van der Waals surface area contributed by atoms with E-state index < -0.39 is 10.9 Å². The number of pyridine rings is 2.